The number of imidazole rings is 1. The van der Waals surface area contributed by atoms with Crippen molar-refractivity contribution < 1.29 is 5.11 Å². The third-order valence-corrected chi connectivity index (χ3v) is 3.38. The summed E-state index contributed by atoms with van der Waals surface area (Å²) in [7, 11) is 0. The molecule has 0 aliphatic heterocycles. The van der Waals surface area contributed by atoms with E-state index >= 15 is 0 Å². The van der Waals surface area contributed by atoms with Gasteiger partial charge < -0.3 is 9.67 Å². The zero-order chi connectivity index (χ0) is 13.9. The summed E-state index contributed by atoms with van der Waals surface area (Å²) in [6.45, 7) is 2.04. The van der Waals surface area contributed by atoms with Gasteiger partial charge in [-0.1, -0.05) is 42.0 Å². The molecular weight excluding hydrogens is 248 g/mol. The Morgan fingerprint density at radius 2 is 1.85 bits per heavy atom. The first-order valence-corrected chi connectivity index (χ1v) is 6.57. The molecule has 0 aliphatic rings. The average molecular weight is 264 g/mol. The van der Waals surface area contributed by atoms with E-state index in [9.17, 15) is 5.11 Å². The topological polar surface area (TPSA) is 38.0 Å². The van der Waals surface area contributed by atoms with E-state index in [0.29, 0.717) is 0 Å². The molecule has 0 amide bonds. The van der Waals surface area contributed by atoms with Gasteiger partial charge in [0, 0.05) is 18.1 Å². The molecule has 0 radical (unpaired) electrons. The Kier molecular flexibility index (Phi) is 3.35. The minimum Gasteiger partial charge on any atom is -0.384 e. The van der Waals surface area contributed by atoms with Crippen molar-refractivity contribution in [3.63, 3.8) is 0 Å². The summed E-state index contributed by atoms with van der Waals surface area (Å²) in [6.07, 6.45) is 4.76. The quantitative estimate of drug-likeness (QED) is 0.788. The number of hydrogen-bond acceptors (Lipinski definition) is 2. The zero-order valence-electron chi connectivity index (χ0n) is 11.3. The minimum absolute atomic E-state index is 0.612. The highest BCUT2D eigenvalue weighted by molar-refractivity contribution is 5.40. The number of aromatic nitrogens is 2. The van der Waals surface area contributed by atoms with Crippen LogP contribution in [0.15, 0.2) is 67.3 Å². The maximum atomic E-state index is 10.5. The number of rotatable bonds is 3. The van der Waals surface area contributed by atoms with Crippen LogP contribution < -0.4 is 0 Å². The fraction of sp³-hybridized carbons (Fsp3) is 0.118. The monoisotopic (exact) mass is 264 g/mol. The first-order valence-electron chi connectivity index (χ1n) is 6.57. The van der Waals surface area contributed by atoms with Gasteiger partial charge >= 0.3 is 0 Å². The molecule has 1 N–H and O–H groups in total. The molecule has 0 fully saturated rings. The third-order valence-electron chi connectivity index (χ3n) is 3.38. The SMILES string of the molecule is Cc1ccc(C(O)c2cccc(-n3ccnc3)c2)cc1. The van der Waals surface area contributed by atoms with E-state index in [4.69, 9.17) is 0 Å². The number of hydrogen-bond donors (Lipinski definition) is 1. The molecule has 100 valence electrons. The van der Waals surface area contributed by atoms with Gasteiger partial charge in [-0.25, -0.2) is 4.98 Å². The fourth-order valence-corrected chi connectivity index (χ4v) is 2.21. The molecule has 1 unspecified atom stereocenters. The molecule has 0 spiro atoms. The van der Waals surface area contributed by atoms with Gasteiger partial charge in [0.25, 0.3) is 0 Å². The van der Waals surface area contributed by atoms with Crippen LogP contribution in [0.5, 0.6) is 0 Å². The van der Waals surface area contributed by atoms with Crippen LogP contribution in [0.25, 0.3) is 5.69 Å². The van der Waals surface area contributed by atoms with Gasteiger partial charge in [-0.05, 0) is 30.2 Å². The van der Waals surface area contributed by atoms with E-state index in [0.717, 1.165) is 16.8 Å². The lowest BCUT2D eigenvalue weighted by atomic mass is 10.00. The maximum absolute atomic E-state index is 10.5. The van der Waals surface area contributed by atoms with E-state index in [2.05, 4.69) is 4.98 Å². The molecule has 3 nitrogen and oxygen atoms in total. The largest absolute Gasteiger partial charge is 0.384 e. The maximum Gasteiger partial charge on any atom is 0.104 e. The first kappa shape index (κ1) is 12.6. The summed E-state index contributed by atoms with van der Waals surface area (Å²) < 4.78 is 1.92. The molecule has 0 aliphatic carbocycles. The van der Waals surface area contributed by atoms with Crippen molar-refractivity contribution in [2.75, 3.05) is 0 Å². The van der Waals surface area contributed by atoms with Crippen LogP contribution in [0.3, 0.4) is 0 Å². The summed E-state index contributed by atoms with van der Waals surface area (Å²) >= 11 is 0. The minimum atomic E-state index is -0.612. The van der Waals surface area contributed by atoms with Crippen molar-refractivity contribution in [3.05, 3.63) is 83.9 Å². The van der Waals surface area contributed by atoms with Gasteiger partial charge in [0.05, 0.1) is 6.33 Å². The van der Waals surface area contributed by atoms with Crippen molar-refractivity contribution in [1.29, 1.82) is 0 Å². The van der Waals surface area contributed by atoms with E-state index in [-0.39, 0.29) is 0 Å². The second kappa shape index (κ2) is 5.31. The Balaban J connectivity index is 1.94. The van der Waals surface area contributed by atoms with Gasteiger partial charge in [-0.2, -0.15) is 0 Å². The molecule has 2 aromatic carbocycles. The molecule has 1 atom stereocenters. The molecule has 1 aromatic heterocycles. The molecule has 3 heteroatoms. The van der Waals surface area contributed by atoms with E-state index in [1.54, 1.807) is 12.5 Å². The second-order valence-electron chi connectivity index (χ2n) is 4.88. The Morgan fingerprint density at radius 1 is 1.05 bits per heavy atom. The Labute approximate surface area is 118 Å². The molecular formula is C17H16N2O. The highest BCUT2D eigenvalue weighted by atomic mass is 16.3. The van der Waals surface area contributed by atoms with Crippen molar-refractivity contribution in [2.24, 2.45) is 0 Å². The molecule has 0 bridgehead atoms. The number of benzene rings is 2. The Hall–Kier alpha value is -2.39. The molecule has 0 saturated heterocycles. The summed E-state index contributed by atoms with van der Waals surface area (Å²) in [5.74, 6) is 0. The van der Waals surface area contributed by atoms with Crippen molar-refractivity contribution in [2.45, 2.75) is 13.0 Å². The van der Waals surface area contributed by atoms with Gasteiger partial charge in [0.15, 0.2) is 0 Å². The zero-order valence-corrected chi connectivity index (χ0v) is 11.3. The normalized spacial score (nSPS) is 12.3. The van der Waals surface area contributed by atoms with Crippen molar-refractivity contribution in [3.8, 4) is 5.69 Å². The molecule has 0 saturated carbocycles. The smallest absolute Gasteiger partial charge is 0.104 e. The van der Waals surface area contributed by atoms with Crippen molar-refractivity contribution >= 4 is 0 Å². The van der Waals surface area contributed by atoms with Crippen molar-refractivity contribution in [1.82, 2.24) is 9.55 Å². The van der Waals surface area contributed by atoms with Crippen LogP contribution in [-0.2, 0) is 0 Å². The lowest BCUT2D eigenvalue weighted by Gasteiger charge is -2.13. The van der Waals surface area contributed by atoms with E-state index in [1.807, 2.05) is 66.2 Å². The molecule has 3 aromatic rings. The highest BCUT2D eigenvalue weighted by Gasteiger charge is 2.10. The van der Waals surface area contributed by atoms with Crippen LogP contribution in [0.4, 0.5) is 0 Å². The van der Waals surface area contributed by atoms with Crippen LogP contribution in [0.1, 0.15) is 22.8 Å². The summed E-state index contributed by atoms with van der Waals surface area (Å²) in [5, 5.41) is 10.5. The standard InChI is InChI=1S/C17H16N2O/c1-13-5-7-14(8-6-13)17(20)15-3-2-4-16(11-15)19-10-9-18-12-19/h2-12,17,20H,1H3. The lowest BCUT2D eigenvalue weighted by molar-refractivity contribution is 0.220. The van der Waals surface area contributed by atoms with E-state index in [1.165, 1.54) is 5.56 Å². The number of aliphatic hydroxyl groups excluding tert-OH is 1. The predicted molar refractivity (Wildman–Crippen MR) is 78.8 cm³/mol. The van der Waals surface area contributed by atoms with Crippen LogP contribution in [0.2, 0.25) is 0 Å². The van der Waals surface area contributed by atoms with Crippen LogP contribution in [0, 0.1) is 6.92 Å². The lowest BCUT2D eigenvalue weighted by Crippen LogP contribution is -2.01. The Morgan fingerprint density at radius 3 is 2.55 bits per heavy atom. The van der Waals surface area contributed by atoms with Crippen LogP contribution in [-0.4, -0.2) is 14.7 Å². The highest BCUT2D eigenvalue weighted by Crippen LogP contribution is 2.24. The average Bonchev–Trinajstić information content (AvgIpc) is 3.02. The summed E-state index contributed by atoms with van der Waals surface area (Å²) in [6, 6.07) is 15.8. The molecule has 20 heavy (non-hydrogen) atoms. The second-order valence-corrected chi connectivity index (χ2v) is 4.88. The van der Waals surface area contributed by atoms with Gasteiger partial charge in [0.1, 0.15) is 6.10 Å². The van der Waals surface area contributed by atoms with E-state index < -0.39 is 6.10 Å². The molecule has 3 rings (SSSR count). The van der Waals surface area contributed by atoms with Gasteiger partial charge in [-0.3, -0.25) is 0 Å². The number of aliphatic hydroxyl groups is 1. The first-order chi connectivity index (χ1) is 9.74. The fourth-order valence-electron chi connectivity index (χ4n) is 2.21. The number of aryl methyl sites for hydroxylation is 1. The van der Waals surface area contributed by atoms with Gasteiger partial charge in [-0.15, -0.1) is 0 Å². The summed E-state index contributed by atoms with van der Waals surface area (Å²) in [4.78, 5) is 4.04. The summed E-state index contributed by atoms with van der Waals surface area (Å²) in [5.41, 5.74) is 3.96. The van der Waals surface area contributed by atoms with Gasteiger partial charge in [0.2, 0.25) is 0 Å². The molecule has 1 heterocycles. The predicted octanol–water partition coefficient (Wildman–Crippen LogP) is 3.26. The number of nitrogens with zero attached hydrogens (tertiary/aromatic N) is 2. The van der Waals surface area contributed by atoms with Crippen LogP contribution >= 0.6 is 0 Å². The Bertz CT molecular complexity index is 687. The third kappa shape index (κ3) is 2.49.